The van der Waals surface area contributed by atoms with Gasteiger partial charge in [0.05, 0.1) is 12.7 Å². The van der Waals surface area contributed by atoms with Gasteiger partial charge in [0.15, 0.2) is 0 Å². The van der Waals surface area contributed by atoms with Crippen LogP contribution in [0.5, 0.6) is 5.75 Å². The Kier molecular flexibility index (Phi) is 3.98. The average molecular weight is 262 g/mol. The Morgan fingerprint density at radius 3 is 2.53 bits per heavy atom. The largest absolute Gasteiger partial charge is 0.496 e. The molecule has 19 heavy (non-hydrogen) atoms. The molecular formula is C15H22N2O2. The van der Waals surface area contributed by atoms with E-state index in [0.29, 0.717) is 17.0 Å². The van der Waals surface area contributed by atoms with E-state index in [1.54, 1.807) is 25.3 Å². The highest BCUT2D eigenvalue weighted by atomic mass is 16.5. The number of rotatable bonds is 2. The topological polar surface area (TPSA) is 55.6 Å². The van der Waals surface area contributed by atoms with Crippen LogP contribution in [0, 0.1) is 0 Å². The van der Waals surface area contributed by atoms with E-state index in [9.17, 15) is 4.79 Å². The highest BCUT2D eigenvalue weighted by Gasteiger charge is 2.31. The minimum atomic E-state index is 0.0175. The molecule has 2 unspecified atom stereocenters. The lowest BCUT2D eigenvalue weighted by Crippen LogP contribution is -2.47. The summed E-state index contributed by atoms with van der Waals surface area (Å²) in [6, 6.07) is 5.74. The van der Waals surface area contributed by atoms with E-state index in [0.717, 1.165) is 12.8 Å². The number of anilines is 1. The first-order valence-corrected chi connectivity index (χ1v) is 6.80. The number of benzene rings is 1. The van der Waals surface area contributed by atoms with E-state index in [4.69, 9.17) is 10.5 Å². The van der Waals surface area contributed by atoms with Gasteiger partial charge in [0.25, 0.3) is 5.91 Å². The number of ether oxygens (including phenoxy) is 1. The number of carbonyl (C=O) groups excluding carboxylic acids is 1. The molecule has 1 aromatic carbocycles. The summed E-state index contributed by atoms with van der Waals surface area (Å²) in [5.41, 5.74) is 6.94. The monoisotopic (exact) mass is 262 g/mol. The molecular weight excluding hydrogens is 240 g/mol. The smallest absolute Gasteiger partial charge is 0.258 e. The maximum atomic E-state index is 12.7. The van der Waals surface area contributed by atoms with Crippen LogP contribution in [0.3, 0.4) is 0 Å². The van der Waals surface area contributed by atoms with Crippen molar-refractivity contribution in [2.24, 2.45) is 0 Å². The highest BCUT2D eigenvalue weighted by molar-refractivity contribution is 5.98. The first-order valence-electron chi connectivity index (χ1n) is 6.80. The number of hydrogen-bond donors (Lipinski definition) is 1. The summed E-state index contributed by atoms with van der Waals surface area (Å²) in [7, 11) is 1.57. The van der Waals surface area contributed by atoms with Crippen LogP contribution in [0.15, 0.2) is 18.2 Å². The number of nitrogens with two attached hydrogens (primary N) is 1. The molecule has 1 aliphatic heterocycles. The Bertz CT molecular complexity index is 463. The number of methoxy groups -OCH3 is 1. The van der Waals surface area contributed by atoms with Gasteiger partial charge in [-0.2, -0.15) is 0 Å². The van der Waals surface area contributed by atoms with Crippen molar-refractivity contribution in [2.45, 2.75) is 45.2 Å². The molecule has 1 fully saturated rings. The van der Waals surface area contributed by atoms with Crippen molar-refractivity contribution in [1.82, 2.24) is 4.90 Å². The van der Waals surface area contributed by atoms with Gasteiger partial charge in [-0.1, -0.05) is 0 Å². The number of hydrogen-bond acceptors (Lipinski definition) is 3. The molecule has 1 amide bonds. The van der Waals surface area contributed by atoms with Crippen LogP contribution in [0.4, 0.5) is 5.69 Å². The van der Waals surface area contributed by atoms with E-state index in [1.807, 2.05) is 4.90 Å². The average Bonchev–Trinajstić information content (AvgIpc) is 2.38. The van der Waals surface area contributed by atoms with Crippen LogP contribution in [0.1, 0.15) is 43.5 Å². The first-order chi connectivity index (χ1) is 9.04. The summed E-state index contributed by atoms with van der Waals surface area (Å²) in [5.74, 6) is 0.605. The Morgan fingerprint density at radius 2 is 1.95 bits per heavy atom. The molecule has 1 aliphatic rings. The van der Waals surface area contributed by atoms with Crippen LogP contribution >= 0.6 is 0 Å². The molecule has 0 bridgehead atoms. The van der Waals surface area contributed by atoms with Crippen molar-refractivity contribution in [3.63, 3.8) is 0 Å². The van der Waals surface area contributed by atoms with Gasteiger partial charge in [0.1, 0.15) is 5.75 Å². The van der Waals surface area contributed by atoms with Crippen molar-refractivity contribution in [3.8, 4) is 5.75 Å². The fourth-order valence-electron chi connectivity index (χ4n) is 2.85. The number of piperidine rings is 1. The number of carbonyl (C=O) groups is 1. The van der Waals surface area contributed by atoms with Crippen LogP contribution in [0.2, 0.25) is 0 Å². The van der Waals surface area contributed by atoms with E-state index in [1.165, 1.54) is 6.42 Å². The predicted molar refractivity (Wildman–Crippen MR) is 76.4 cm³/mol. The third kappa shape index (κ3) is 2.67. The lowest BCUT2D eigenvalue weighted by Gasteiger charge is -2.39. The lowest BCUT2D eigenvalue weighted by molar-refractivity contribution is 0.0507. The van der Waals surface area contributed by atoms with Gasteiger partial charge in [-0.25, -0.2) is 0 Å². The van der Waals surface area contributed by atoms with Gasteiger partial charge in [0.2, 0.25) is 0 Å². The van der Waals surface area contributed by atoms with Gasteiger partial charge >= 0.3 is 0 Å². The summed E-state index contributed by atoms with van der Waals surface area (Å²) in [5, 5.41) is 0. The van der Waals surface area contributed by atoms with Crippen LogP contribution < -0.4 is 10.5 Å². The molecule has 0 aliphatic carbocycles. The summed E-state index contributed by atoms with van der Waals surface area (Å²) in [4.78, 5) is 14.7. The zero-order valence-electron chi connectivity index (χ0n) is 11.8. The van der Waals surface area contributed by atoms with Crippen molar-refractivity contribution in [1.29, 1.82) is 0 Å². The van der Waals surface area contributed by atoms with E-state index in [-0.39, 0.29) is 18.0 Å². The molecule has 0 aromatic heterocycles. The minimum absolute atomic E-state index is 0.0175. The number of amides is 1. The molecule has 0 radical (unpaired) electrons. The van der Waals surface area contributed by atoms with E-state index in [2.05, 4.69) is 13.8 Å². The second kappa shape index (κ2) is 5.51. The third-order valence-electron chi connectivity index (χ3n) is 3.88. The zero-order chi connectivity index (χ0) is 14.0. The Labute approximate surface area is 114 Å². The fraction of sp³-hybridized carbons (Fsp3) is 0.533. The fourth-order valence-corrected chi connectivity index (χ4v) is 2.85. The second-order valence-electron chi connectivity index (χ2n) is 5.30. The molecule has 4 heteroatoms. The van der Waals surface area contributed by atoms with Gasteiger partial charge in [0, 0.05) is 17.8 Å². The maximum absolute atomic E-state index is 12.7. The molecule has 2 N–H and O–H groups in total. The molecule has 4 nitrogen and oxygen atoms in total. The first kappa shape index (κ1) is 13.7. The van der Waals surface area contributed by atoms with E-state index >= 15 is 0 Å². The van der Waals surface area contributed by atoms with Crippen molar-refractivity contribution in [2.75, 3.05) is 12.8 Å². The van der Waals surface area contributed by atoms with E-state index < -0.39 is 0 Å². The minimum Gasteiger partial charge on any atom is -0.496 e. The predicted octanol–water partition coefficient (Wildman–Crippen LogP) is 2.68. The maximum Gasteiger partial charge on any atom is 0.258 e. The summed E-state index contributed by atoms with van der Waals surface area (Å²) in [6.07, 6.45) is 3.29. The van der Waals surface area contributed by atoms with Gasteiger partial charge in [-0.3, -0.25) is 4.79 Å². The standard InChI is InChI=1S/C15H22N2O2/c1-10-5-4-6-11(2)17(10)15(18)13-9-12(16)7-8-14(13)19-3/h7-11H,4-6,16H2,1-3H3. The SMILES string of the molecule is COc1ccc(N)cc1C(=O)N1C(C)CCCC1C. The molecule has 1 saturated heterocycles. The normalized spacial score (nSPS) is 23.2. The van der Waals surface area contributed by atoms with Crippen molar-refractivity contribution >= 4 is 11.6 Å². The molecule has 2 rings (SSSR count). The summed E-state index contributed by atoms with van der Waals surface area (Å²) in [6.45, 7) is 4.21. The van der Waals surface area contributed by atoms with Crippen LogP contribution in [-0.2, 0) is 0 Å². The lowest BCUT2D eigenvalue weighted by atomic mass is 9.96. The van der Waals surface area contributed by atoms with Crippen molar-refractivity contribution in [3.05, 3.63) is 23.8 Å². The quantitative estimate of drug-likeness (QED) is 0.834. The number of nitrogen functional groups attached to an aromatic ring is 1. The number of likely N-dealkylation sites (tertiary alicyclic amines) is 1. The van der Waals surface area contributed by atoms with Gasteiger partial charge in [-0.15, -0.1) is 0 Å². The summed E-state index contributed by atoms with van der Waals surface area (Å²) >= 11 is 0. The molecule has 0 spiro atoms. The highest BCUT2D eigenvalue weighted by Crippen LogP contribution is 2.28. The van der Waals surface area contributed by atoms with Gasteiger partial charge in [-0.05, 0) is 51.3 Å². The Balaban J connectivity index is 2.35. The molecule has 2 atom stereocenters. The Morgan fingerprint density at radius 1 is 1.32 bits per heavy atom. The second-order valence-corrected chi connectivity index (χ2v) is 5.30. The molecule has 1 heterocycles. The van der Waals surface area contributed by atoms with Crippen LogP contribution in [0.25, 0.3) is 0 Å². The molecule has 104 valence electrons. The third-order valence-corrected chi connectivity index (χ3v) is 3.88. The molecule has 1 aromatic rings. The summed E-state index contributed by atoms with van der Waals surface area (Å²) < 4.78 is 5.28. The molecule has 0 saturated carbocycles. The van der Waals surface area contributed by atoms with Crippen molar-refractivity contribution < 1.29 is 9.53 Å². The number of nitrogens with zero attached hydrogens (tertiary/aromatic N) is 1. The van der Waals surface area contributed by atoms with Crippen LogP contribution in [-0.4, -0.2) is 30.0 Å². The Hall–Kier alpha value is -1.71. The zero-order valence-corrected chi connectivity index (χ0v) is 11.8. The van der Waals surface area contributed by atoms with Gasteiger partial charge < -0.3 is 15.4 Å².